The van der Waals surface area contributed by atoms with Crippen LogP contribution in [0.2, 0.25) is 5.28 Å². The number of rotatable bonds is 3. The van der Waals surface area contributed by atoms with E-state index in [0.29, 0.717) is 23.3 Å². The van der Waals surface area contributed by atoms with Crippen molar-refractivity contribution in [3.63, 3.8) is 0 Å². The lowest BCUT2D eigenvalue weighted by molar-refractivity contribution is -0.152. The molecule has 0 saturated heterocycles. The molecule has 2 atom stereocenters. The predicted molar refractivity (Wildman–Crippen MR) is 89.7 cm³/mol. The number of aryl methyl sites for hydroxylation is 1. The number of carbonyl (C=O) groups is 1. The maximum atomic E-state index is 12.4. The summed E-state index contributed by atoms with van der Waals surface area (Å²) in [5.41, 5.74) is 0.674. The number of fused-ring (bicyclic) bond motifs is 4. The van der Waals surface area contributed by atoms with Crippen LogP contribution in [0.5, 0.6) is 0 Å². The second kappa shape index (κ2) is 5.88. The summed E-state index contributed by atoms with van der Waals surface area (Å²) in [6, 6.07) is 0.0133. The molecule has 8 heteroatoms. The van der Waals surface area contributed by atoms with Gasteiger partial charge < -0.3 is 10.1 Å². The van der Waals surface area contributed by atoms with Crippen molar-refractivity contribution < 1.29 is 9.53 Å². The molecule has 5 rings (SSSR count). The first kappa shape index (κ1) is 15.6. The van der Waals surface area contributed by atoms with E-state index >= 15 is 0 Å². The highest BCUT2D eigenvalue weighted by Gasteiger charge is 2.48. The van der Waals surface area contributed by atoms with E-state index in [2.05, 4.69) is 20.4 Å². The van der Waals surface area contributed by atoms with Crippen LogP contribution in [0.15, 0.2) is 6.20 Å². The first-order valence-electron chi connectivity index (χ1n) is 8.28. The highest BCUT2D eigenvalue weighted by Crippen LogP contribution is 2.47. The molecule has 24 heavy (non-hydrogen) atoms. The van der Waals surface area contributed by atoms with Crippen LogP contribution >= 0.6 is 11.6 Å². The predicted octanol–water partition coefficient (Wildman–Crippen LogP) is 2.41. The maximum absolute atomic E-state index is 12.4. The van der Waals surface area contributed by atoms with Gasteiger partial charge in [0.2, 0.25) is 5.28 Å². The van der Waals surface area contributed by atoms with Crippen LogP contribution in [0.4, 0.5) is 5.82 Å². The van der Waals surface area contributed by atoms with E-state index < -0.39 is 0 Å². The van der Waals surface area contributed by atoms with E-state index in [9.17, 15) is 4.79 Å². The minimum absolute atomic E-state index is 0.0133. The molecule has 3 fully saturated rings. The second-order valence-electron chi connectivity index (χ2n) is 6.74. The van der Waals surface area contributed by atoms with Gasteiger partial charge in [0, 0.05) is 13.1 Å². The molecule has 7 nitrogen and oxygen atoms in total. The Morgan fingerprint density at radius 1 is 1.29 bits per heavy atom. The first-order valence-corrected chi connectivity index (χ1v) is 8.66. The molecule has 3 saturated carbocycles. The Balaban J connectivity index is 1.72. The molecule has 2 heterocycles. The van der Waals surface area contributed by atoms with Gasteiger partial charge >= 0.3 is 5.97 Å². The van der Waals surface area contributed by atoms with Crippen molar-refractivity contribution in [2.45, 2.75) is 31.7 Å². The second-order valence-corrected chi connectivity index (χ2v) is 7.08. The minimum Gasteiger partial charge on any atom is -0.469 e. The highest BCUT2D eigenvalue weighted by atomic mass is 35.5. The number of esters is 1. The highest BCUT2D eigenvalue weighted by molar-refractivity contribution is 6.28. The molecule has 0 radical (unpaired) electrons. The van der Waals surface area contributed by atoms with E-state index in [1.165, 1.54) is 7.11 Å². The lowest BCUT2D eigenvalue weighted by Gasteiger charge is -2.47. The molecule has 0 aliphatic heterocycles. The number of nitrogens with one attached hydrogen (secondary N) is 1. The van der Waals surface area contributed by atoms with Crippen LogP contribution in [-0.2, 0) is 16.6 Å². The summed E-state index contributed by atoms with van der Waals surface area (Å²) in [5, 5.41) is 8.70. The van der Waals surface area contributed by atoms with Gasteiger partial charge in [-0.05, 0) is 49.1 Å². The van der Waals surface area contributed by atoms with Crippen molar-refractivity contribution in [1.82, 2.24) is 19.7 Å². The Labute approximate surface area is 144 Å². The average Bonchev–Trinajstić information content (AvgIpc) is 2.96. The van der Waals surface area contributed by atoms with E-state index in [1.807, 2.05) is 7.05 Å². The standard InChI is InChI=1S/C16H20ClN5O2/c1-22-14-10(7-18-22)13(20-16(17)21-14)19-12-9-5-3-8(4-6-9)11(12)15(23)24-2/h7-9,11-12H,3-6H2,1-2H3,(H,19,20,21). The number of anilines is 1. The third-order valence-electron chi connectivity index (χ3n) is 5.56. The third kappa shape index (κ3) is 2.42. The number of halogens is 1. The summed E-state index contributed by atoms with van der Waals surface area (Å²) in [4.78, 5) is 20.9. The first-order chi connectivity index (χ1) is 11.6. The van der Waals surface area contributed by atoms with Crippen molar-refractivity contribution in [3.05, 3.63) is 11.5 Å². The number of hydrogen-bond acceptors (Lipinski definition) is 6. The van der Waals surface area contributed by atoms with Gasteiger partial charge in [0.05, 0.1) is 24.6 Å². The van der Waals surface area contributed by atoms with Gasteiger partial charge in [-0.2, -0.15) is 15.1 Å². The molecular weight excluding hydrogens is 330 g/mol. The van der Waals surface area contributed by atoms with Crippen LogP contribution in [0.1, 0.15) is 25.7 Å². The molecular formula is C16H20ClN5O2. The number of methoxy groups -OCH3 is 1. The normalized spacial score (nSPS) is 29.0. The molecule has 3 aliphatic rings. The average molecular weight is 350 g/mol. The fourth-order valence-electron chi connectivity index (χ4n) is 4.40. The zero-order valence-electron chi connectivity index (χ0n) is 13.7. The Hall–Kier alpha value is -1.89. The summed E-state index contributed by atoms with van der Waals surface area (Å²) in [6.45, 7) is 0. The van der Waals surface area contributed by atoms with Crippen LogP contribution in [0.25, 0.3) is 11.0 Å². The van der Waals surface area contributed by atoms with Gasteiger partial charge in [0.1, 0.15) is 5.82 Å². The van der Waals surface area contributed by atoms with Gasteiger partial charge in [0.25, 0.3) is 0 Å². The lowest BCUT2D eigenvalue weighted by atomic mass is 9.61. The Kier molecular flexibility index (Phi) is 3.83. The zero-order valence-corrected chi connectivity index (χ0v) is 14.5. The summed E-state index contributed by atoms with van der Waals surface area (Å²) >= 11 is 6.08. The summed E-state index contributed by atoms with van der Waals surface area (Å²) in [5.74, 6) is 1.19. The summed E-state index contributed by atoms with van der Waals surface area (Å²) in [7, 11) is 3.28. The molecule has 3 aliphatic carbocycles. The Morgan fingerprint density at radius 3 is 2.71 bits per heavy atom. The van der Waals surface area contributed by atoms with Gasteiger partial charge in [0.15, 0.2) is 5.65 Å². The van der Waals surface area contributed by atoms with E-state index in [0.717, 1.165) is 31.1 Å². The van der Waals surface area contributed by atoms with Gasteiger partial charge in [-0.1, -0.05) is 0 Å². The number of ether oxygens (including phenoxy) is 1. The molecule has 0 amide bonds. The van der Waals surface area contributed by atoms with Crippen molar-refractivity contribution in [1.29, 1.82) is 0 Å². The molecule has 128 valence electrons. The fraction of sp³-hybridized carbons (Fsp3) is 0.625. The van der Waals surface area contributed by atoms with Crippen LogP contribution in [0.3, 0.4) is 0 Å². The van der Waals surface area contributed by atoms with Gasteiger partial charge in [-0.3, -0.25) is 9.48 Å². The molecule has 0 aromatic carbocycles. The fourth-order valence-corrected chi connectivity index (χ4v) is 4.56. The molecule has 2 aromatic heterocycles. The largest absolute Gasteiger partial charge is 0.469 e. The SMILES string of the molecule is COC(=O)C1C2CCC(CC2)C1Nc1nc(Cl)nc2c1cnn2C. The Bertz CT molecular complexity index is 784. The van der Waals surface area contributed by atoms with E-state index in [-0.39, 0.29) is 23.2 Å². The van der Waals surface area contributed by atoms with E-state index in [4.69, 9.17) is 16.3 Å². The molecule has 2 bridgehead atoms. The van der Waals surface area contributed by atoms with E-state index in [1.54, 1.807) is 10.9 Å². The van der Waals surface area contributed by atoms with Gasteiger partial charge in [-0.25, -0.2) is 0 Å². The van der Waals surface area contributed by atoms with Crippen LogP contribution < -0.4 is 5.32 Å². The number of nitrogens with zero attached hydrogens (tertiary/aromatic N) is 4. The smallest absolute Gasteiger partial charge is 0.311 e. The number of hydrogen-bond donors (Lipinski definition) is 1. The lowest BCUT2D eigenvalue weighted by Crippen LogP contribution is -2.51. The molecule has 0 spiro atoms. The summed E-state index contributed by atoms with van der Waals surface area (Å²) in [6.07, 6.45) is 6.17. The van der Waals surface area contributed by atoms with Crippen molar-refractivity contribution in [2.75, 3.05) is 12.4 Å². The maximum Gasteiger partial charge on any atom is 0.311 e. The monoisotopic (exact) mass is 349 g/mol. The van der Waals surface area contributed by atoms with Crippen molar-refractivity contribution in [3.8, 4) is 0 Å². The summed E-state index contributed by atoms with van der Waals surface area (Å²) < 4.78 is 6.74. The van der Waals surface area contributed by atoms with Gasteiger partial charge in [-0.15, -0.1) is 0 Å². The molecule has 2 aromatic rings. The minimum atomic E-state index is -0.136. The molecule has 1 N–H and O–H groups in total. The van der Waals surface area contributed by atoms with Crippen LogP contribution in [-0.4, -0.2) is 38.9 Å². The number of aromatic nitrogens is 4. The van der Waals surface area contributed by atoms with Crippen molar-refractivity contribution in [2.24, 2.45) is 24.8 Å². The zero-order chi connectivity index (χ0) is 16.8. The van der Waals surface area contributed by atoms with Crippen molar-refractivity contribution >= 4 is 34.4 Å². The topological polar surface area (TPSA) is 81.9 Å². The Morgan fingerprint density at radius 2 is 2.00 bits per heavy atom. The van der Waals surface area contributed by atoms with Crippen LogP contribution in [0, 0.1) is 17.8 Å². The number of carbonyl (C=O) groups excluding carboxylic acids is 1. The quantitative estimate of drug-likeness (QED) is 0.677. The third-order valence-corrected chi connectivity index (χ3v) is 5.73. The molecule has 2 unspecified atom stereocenters.